The summed E-state index contributed by atoms with van der Waals surface area (Å²) in [5.41, 5.74) is 0.741. The van der Waals surface area contributed by atoms with Crippen LogP contribution in [0, 0.1) is 0 Å². The zero-order valence-corrected chi connectivity index (χ0v) is 13.8. The van der Waals surface area contributed by atoms with Gasteiger partial charge >= 0.3 is 0 Å². The van der Waals surface area contributed by atoms with E-state index in [1.165, 1.54) is 12.1 Å². The number of phenols is 2. The van der Waals surface area contributed by atoms with Gasteiger partial charge in [-0.2, -0.15) is 0 Å². The Bertz CT molecular complexity index is 419. The maximum absolute atomic E-state index is 9.87. The maximum atomic E-state index is 9.87. The highest BCUT2D eigenvalue weighted by Crippen LogP contribution is 2.28. The normalized spacial score (nSPS) is 14.3. The number of nitrogens with one attached hydrogen (secondary N) is 1. The second kappa shape index (κ2) is 8.90. The standard InChI is InChI=1S/C17H30N2O2/c1-5-19(6-2)11-7-8-13(3)18-14(4)16-12-15(20)9-10-17(16)21/h9-10,12-14,18,20-21H,5-8,11H2,1-4H3. The van der Waals surface area contributed by atoms with Crippen LogP contribution in [0.25, 0.3) is 0 Å². The minimum absolute atomic E-state index is 0.0144. The van der Waals surface area contributed by atoms with Crippen LogP contribution in [0.5, 0.6) is 11.5 Å². The Balaban J connectivity index is 2.43. The summed E-state index contributed by atoms with van der Waals surface area (Å²) in [4.78, 5) is 2.43. The first kappa shape index (κ1) is 17.8. The zero-order valence-electron chi connectivity index (χ0n) is 13.8. The van der Waals surface area contributed by atoms with Gasteiger partial charge in [-0.15, -0.1) is 0 Å². The number of hydrogen-bond acceptors (Lipinski definition) is 4. The molecule has 0 amide bonds. The molecule has 0 fully saturated rings. The van der Waals surface area contributed by atoms with Gasteiger partial charge in [0.2, 0.25) is 0 Å². The predicted molar refractivity (Wildman–Crippen MR) is 87.8 cm³/mol. The van der Waals surface area contributed by atoms with Crippen molar-refractivity contribution in [2.24, 2.45) is 0 Å². The number of aromatic hydroxyl groups is 2. The van der Waals surface area contributed by atoms with Crippen molar-refractivity contribution in [2.45, 2.75) is 52.6 Å². The first-order valence-electron chi connectivity index (χ1n) is 7.98. The fourth-order valence-corrected chi connectivity index (χ4v) is 2.65. The zero-order chi connectivity index (χ0) is 15.8. The lowest BCUT2D eigenvalue weighted by Gasteiger charge is -2.23. The molecule has 1 rings (SSSR count). The molecule has 0 aromatic heterocycles. The fraction of sp³-hybridized carbons (Fsp3) is 0.647. The molecule has 0 radical (unpaired) electrons. The van der Waals surface area contributed by atoms with Gasteiger partial charge in [0, 0.05) is 17.6 Å². The molecule has 0 bridgehead atoms. The molecule has 2 unspecified atom stereocenters. The van der Waals surface area contributed by atoms with E-state index in [1.807, 2.05) is 6.92 Å². The molecule has 3 N–H and O–H groups in total. The second-order valence-electron chi connectivity index (χ2n) is 5.70. The van der Waals surface area contributed by atoms with Gasteiger partial charge in [0.25, 0.3) is 0 Å². The molecular formula is C17H30N2O2. The number of phenolic OH excluding ortho intramolecular Hbond substituents is 2. The molecule has 0 saturated heterocycles. The molecule has 0 heterocycles. The Labute approximate surface area is 128 Å². The van der Waals surface area contributed by atoms with Crippen LogP contribution in [-0.4, -0.2) is 40.8 Å². The summed E-state index contributed by atoms with van der Waals surface area (Å²) in [7, 11) is 0. The van der Waals surface area contributed by atoms with Crippen LogP contribution in [-0.2, 0) is 0 Å². The molecule has 0 aliphatic heterocycles. The van der Waals surface area contributed by atoms with Crippen LogP contribution < -0.4 is 5.32 Å². The van der Waals surface area contributed by atoms with E-state index in [1.54, 1.807) is 6.07 Å². The van der Waals surface area contributed by atoms with Crippen LogP contribution in [0.4, 0.5) is 0 Å². The molecule has 4 nitrogen and oxygen atoms in total. The van der Waals surface area contributed by atoms with E-state index in [2.05, 4.69) is 31.0 Å². The third-order valence-electron chi connectivity index (χ3n) is 4.02. The van der Waals surface area contributed by atoms with Gasteiger partial charge < -0.3 is 20.4 Å². The highest BCUT2D eigenvalue weighted by atomic mass is 16.3. The van der Waals surface area contributed by atoms with Gasteiger partial charge in [-0.05, 0) is 64.5 Å². The molecule has 120 valence electrons. The van der Waals surface area contributed by atoms with Gasteiger partial charge in [0.05, 0.1) is 0 Å². The average Bonchev–Trinajstić information content (AvgIpc) is 2.46. The minimum Gasteiger partial charge on any atom is -0.508 e. The lowest BCUT2D eigenvalue weighted by atomic mass is 10.0. The Morgan fingerprint density at radius 3 is 2.43 bits per heavy atom. The summed E-state index contributed by atoms with van der Waals surface area (Å²) >= 11 is 0. The number of benzene rings is 1. The van der Waals surface area contributed by atoms with Crippen molar-refractivity contribution in [1.82, 2.24) is 10.2 Å². The highest BCUT2D eigenvalue weighted by molar-refractivity contribution is 5.40. The third-order valence-corrected chi connectivity index (χ3v) is 4.02. The van der Waals surface area contributed by atoms with E-state index in [-0.39, 0.29) is 17.5 Å². The molecular weight excluding hydrogens is 264 g/mol. The largest absolute Gasteiger partial charge is 0.508 e. The number of hydrogen-bond donors (Lipinski definition) is 3. The van der Waals surface area contributed by atoms with Crippen molar-refractivity contribution in [2.75, 3.05) is 19.6 Å². The first-order valence-corrected chi connectivity index (χ1v) is 7.98. The maximum Gasteiger partial charge on any atom is 0.120 e. The lowest BCUT2D eigenvalue weighted by Crippen LogP contribution is -2.31. The van der Waals surface area contributed by atoms with Crippen molar-refractivity contribution < 1.29 is 10.2 Å². The van der Waals surface area contributed by atoms with Crippen molar-refractivity contribution in [3.05, 3.63) is 23.8 Å². The van der Waals surface area contributed by atoms with Crippen LogP contribution >= 0.6 is 0 Å². The molecule has 2 atom stereocenters. The molecule has 4 heteroatoms. The Hall–Kier alpha value is -1.26. The molecule has 0 spiro atoms. The Morgan fingerprint density at radius 1 is 1.14 bits per heavy atom. The van der Waals surface area contributed by atoms with Gasteiger partial charge in [0.1, 0.15) is 11.5 Å². The van der Waals surface area contributed by atoms with Crippen molar-refractivity contribution in [1.29, 1.82) is 0 Å². The monoisotopic (exact) mass is 294 g/mol. The summed E-state index contributed by atoms with van der Waals surface area (Å²) < 4.78 is 0. The van der Waals surface area contributed by atoms with Crippen LogP contribution in [0.2, 0.25) is 0 Å². The van der Waals surface area contributed by atoms with E-state index >= 15 is 0 Å². The second-order valence-corrected chi connectivity index (χ2v) is 5.70. The lowest BCUT2D eigenvalue weighted by molar-refractivity contribution is 0.288. The Morgan fingerprint density at radius 2 is 1.81 bits per heavy atom. The summed E-state index contributed by atoms with van der Waals surface area (Å²) in [6.07, 6.45) is 2.26. The van der Waals surface area contributed by atoms with Gasteiger partial charge in [-0.3, -0.25) is 0 Å². The molecule has 0 saturated carbocycles. The van der Waals surface area contributed by atoms with Gasteiger partial charge in [0.15, 0.2) is 0 Å². The van der Waals surface area contributed by atoms with Crippen molar-refractivity contribution >= 4 is 0 Å². The van der Waals surface area contributed by atoms with E-state index < -0.39 is 0 Å². The van der Waals surface area contributed by atoms with Gasteiger partial charge in [-0.1, -0.05) is 13.8 Å². The SMILES string of the molecule is CCN(CC)CCCC(C)NC(C)c1cc(O)ccc1O. The predicted octanol–water partition coefficient (Wildman–Crippen LogP) is 3.26. The smallest absolute Gasteiger partial charge is 0.120 e. The number of rotatable bonds is 9. The summed E-state index contributed by atoms with van der Waals surface area (Å²) in [5, 5.41) is 22.9. The molecule has 1 aromatic carbocycles. The first-order chi connectivity index (χ1) is 9.97. The average molecular weight is 294 g/mol. The quantitative estimate of drug-likeness (QED) is 0.612. The van der Waals surface area contributed by atoms with Crippen LogP contribution in [0.15, 0.2) is 18.2 Å². The minimum atomic E-state index is 0.0144. The highest BCUT2D eigenvalue weighted by Gasteiger charge is 2.14. The van der Waals surface area contributed by atoms with Crippen molar-refractivity contribution in [3.8, 4) is 11.5 Å². The molecule has 0 aliphatic rings. The van der Waals surface area contributed by atoms with Crippen LogP contribution in [0.1, 0.15) is 52.1 Å². The van der Waals surface area contributed by atoms with E-state index in [4.69, 9.17) is 0 Å². The third kappa shape index (κ3) is 5.94. The Kier molecular flexibility index (Phi) is 7.54. The molecule has 1 aromatic rings. The van der Waals surface area contributed by atoms with Crippen LogP contribution in [0.3, 0.4) is 0 Å². The van der Waals surface area contributed by atoms with Gasteiger partial charge in [-0.25, -0.2) is 0 Å². The number of nitrogens with zero attached hydrogens (tertiary/aromatic N) is 1. The summed E-state index contributed by atoms with van der Waals surface area (Å²) in [6, 6.07) is 5.04. The summed E-state index contributed by atoms with van der Waals surface area (Å²) in [5.74, 6) is 0.411. The summed E-state index contributed by atoms with van der Waals surface area (Å²) in [6.45, 7) is 11.9. The fourth-order valence-electron chi connectivity index (χ4n) is 2.65. The molecule has 0 aliphatic carbocycles. The van der Waals surface area contributed by atoms with E-state index in [0.717, 1.165) is 38.0 Å². The molecule has 21 heavy (non-hydrogen) atoms. The van der Waals surface area contributed by atoms with E-state index in [9.17, 15) is 10.2 Å². The van der Waals surface area contributed by atoms with Crippen molar-refractivity contribution in [3.63, 3.8) is 0 Å². The van der Waals surface area contributed by atoms with E-state index in [0.29, 0.717) is 6.04 Å². The topological polar surface area (TPSA) is 55.7 Å².